The minimum atomic E-state index is -0.448. The minimum Gasteiger partial charge on any atom is -0.331 e. The van der Waals surface area contributed by atoms with E-state index in [9.17, 15) is 14.0 Å². The lowest BCUT2D eigenvalue weighted by Gasteiger charge is -2.27. The summed E-state index contributed by atoms with van der Waals surface area (Å²) in [6, 6.07) is 13.0. The molecular weight excluding hydrogens is 269 g/mol. The van der Waals surface area contributed by atoms with Crippen LogP contribution in [0.25, 0.3) is 0 Å². The molecule has 1 amide bonds. The van der Waals surface area contributed by atoms with Gasteiger partial charge in [-0.3, -0.25) is 9.59 Å². The molecule has 4 heteroatoms. The first-order valence-electron chi connectivity index (χ1n) is 6.81. The van der Waals surface area contributed by atoms with Gasteiger partial charge in [-0.1, -0.05) is 30.3 Å². The third-order valence-corrected chi connectivity index (χ3v) is 3.67. The Kier molecular flexibility index (Phi) is 3.52. The lowest BCUT2D eigenvalue weighted by molar-refractivity contribution is 0.0695. The fourth-order valence-corrected chi connectivity index (χ4v) is 2.55. The summed E-state index contributed by atoms with van der Waals surface area (Å²) in [5.41, 5.74) is 1.95. The molecule has 0 atom stereocenters. The van der Waals surface area contributed by atoms with Crippen molar-refractivity contribution in [2.45, 2.75) is 6.42 Å². The zero-order valence-corrected chi connectivity index (χ0v) is 11.4. The van der Waals surface area contributed by atoms with E-state index in [2.05, 4.69) is 0 Å². The zero-order valence-electron chi connectivity index (χ0n) is 11.4. The molecule has 0 unspecified atom stereocenters. The number of ketones is 1. The van der Waals surface area contributed by atoms with Gasteiger partial charge >= 0.3 is 0 Å². The highest BCUT2D eigenvalue weighted by Gasteiger charge is 2.25. The summed E-state index contributed by atoms with van der Waals surface area (Å²) in [6.07, 6.45) is 0.734. The van der Waals surface area contributed by atoms with Crippen molar-refractivity contribution in [3.05, 3.63) is 71.0 Å². The molecule has 1 aliphatic heterocycles. The average Bonchev–Trinajstić information content (AvgIpc) is 2.50. The van der Waals surface area contributed by atoms with E-state index in [1.165, 1.54) is 23.1 Å². The van der Waals surface area contributed by atoms with Crippen LogP contribution in [0.1, 0.15) is 26.3 Å². The van der Waals surface area contributed by atoms with Gasteiger partial charge in [0.15, 0.2) is 5.78 Å². The SMILES string of the molecule is O=C(CN1CCc2ccccc2C1=O)c1cccc(F)c1. The molecule has 21 heavy (non-hydrogen) atoms. The van der Waals surface area contributed by atoms with Gasteiger partial charge < -0.3 is 4.90 Å². The van der Waals surface area contributed by atoms with E-state index in [1.807, 2.05) is 18.2 Å². The van der Waals surface area contributed by atoms with Crippen molar-refractivity contribution in [3.63, 3.8) is 0 Å². The van der Waals surface area contributed by atoms with Crippen molar-refractivity contribution in [2.75, 3.05) is 13.1 Å². The summed E-state index contributed by atoms with van der Waals surface area (Å²) < 4.78 is 13.1. The lowest BCUT2D eigenvalue weighted by atomic mass is 9.98. The zero-order chi connectivity index (χ0) is 14.8. The summed E-state index contributed by atoms with van der Waals surface area (Å²) in [6.45, 7) is 0.494. The van der Waals surface area contributed by atoms with Crippen LogP contribution in [0.5, 0.6) is 0 Å². The number of amides is 1. The van der Waals surface area contributed by atoms with Gasteiger partial charge in [-0.05, 0) is 30.2 Å². The molecule has 3 nitrogen and oxygen atoms in total. The number of Topliss-reactive ketones (excluding diaryl/α,β-unsaturated/α-hetero) is 1. The van der Waals surface area contributed by atoms with Gasteiger partial charge in [-0.15, -0.1) is 0 Å². The molecule has 0 aromatic heterocycles. The van der Waals surface area contributed by atoms with Crippen LogP contribution in [0.15, 0.2) is 48.5 Å². The molecule has 0 aliphatic carbocycles. The van der Waals surface area contributed by atoms with Crippen LogP contribution >= 0.6 is 0 Å². The third-order valence-electron chi connectivity index (χ3n) is 3.67. The molecule has 106 valence electrons. The van der Waals surface area contributed by atoms with Crippen LogP contribution < -0.4 is 0 Å². The van der Waals surface area contributed by atoms with Crippen LogP contribution in [-0.4, -0.2) is 29.7 Å². The predicted octanol–water partition coefficient (Wildman–Crippen LogP) is 2.71. The highest BCUT2D eigenvalue weighted by Crippen LogP contribution is 2.19. The number of hydrogen-bond acceptors (Lipinski definition) is 2. The second kappa shape index (κ2) is 5.48. The fraction of sp³-hybridized carbons (Fsp3) is 0.176. The molecule has 2 aromatic carbocycles. The van der Waals surface area contributed by atoms with E-state index < -0.39 is 5.82 Å². The number of rotatable bonds is 3. The van der Waals surface area contributed by atoms with E-state index in [0.29, 0.717) is 17.7 Å². The van der Waals surface area contributed by atoms with E-state index in [1.54, 1.807) is 12.1 Å². The molecule has 0 spiro atoms. The summed E-state index contributed by atoms with van der Waals surface area (Å²) in [4.78, 5) is 26.0. The molecule has 0 bridgehead atoms. The summed E-state index contributed by atoms with van der Waals surface area (Å²) >= 11 is 0. The summed E-state index contributed by atoms with van der Waals surface area (Å²) in [5, 5.41) is 0. The van der Waals surface area contributed by atoms with Crippen molar-refractivity contribution in [2.24, 2.45) is 0 Å². The third kappa shape index (κ3) is 2.70. The van der Waals surface area contributed by atoms with Crippen LogP contribution in [0.2, 0.25) is 0 Å². The molecule has 3 rings (SSSR count). The molecule has 1 aliphatic rings. The highest BCUT2D eigenvalue weighted by atomic mass is 19.1. The maximum Gasteiger partial charge on any atom is 0.254 e. The monoisotopic (exact) mass is 283 g/mol. The molecule has 0 saturated carbocycles. The number of carbonyl (C=O) groups is 2. The second-order valence-corrected chi connectivity index (χ2v) is 5.07. The Bertz CT molecular complexity index is 711. The van der Waals surface area contributed by atoms with Crippen LogP contribution in [0.4, 0.5) is 4.39 Å². The first-order chi connectivity index (χ1) is 10.1. The standard InChI is InChI=1S/C17H14FNO2/c18-14-6-3-5-13(10-14)16(20)11-19-9-8-12-4-1-2-7-15(12)17(19)21/h1-7,10H,8-9,11H2. The quantitative estimate of drug-likeness (QED) is 0.812. The number of benzene rings is 2. The van der Waals surface area contributed by atoms with E-state index in [-0.39, 0.29) is 18.2 Å². The van der Waals surface area contributed by atoms with Crippen molar-refractivity contribution in [1.29, 1.82) is 0 Å². The van der Waals surface area contributed by atoms with Crippen molar-refractivity contribution >= 4 is 11.7 Å². The Hall–Kier alpha value is -2.49. The molecule has 0 N–H and O–H groups in total. The number of hydrogen-bond donors (Lipinski definition) is 0. The van der Waals surface area contributed by atoms with Gasteiger partial charge in [-0.25, -0.2) is 4.39 Å². The summed E-state index contributed by atoms with van der Waals surface area (Å²) in [7, 11) is 0. The normalized spacial score (nSPS) is 14.0. The maximum atomic E-state index is 13.1. The highest BCUT2D eigenvalue weighted by molar-refractivity contribution is 6.03. The number of fused-ring (bicyclic) bond motifs is 1. The fourth-order valence-electron chi connectivity index (χ4n) is 2.55. The van der Waals surface area contributed by atoms with E-state index in [4.69, 9.17) is 0 Å². The van der Waals surface area contributed by atoms with Crippen LogP contribution in [0.3, 0.4) is 0 Å². The van der Waals surface area contributed by atoms with Gasteiger partial charge in [0, 0.05) is 17.7 Å². The van der Waals surface area contributed by atoms with Gasteiger partial charge in [0.25, 0.3) is 5.91 Å². The Morgan fingerprint density at radius 2 is 1.95 bits per heavy atom. The number of halogens is 1. The Labute approximate surface area is 122 Å². The second-order valence-electron chi connectivity index (χ2n) is 5.07. The Balaban J connectivity index is 1.78. The smallest absolute Gasteiger partial charge is 0.254 e. The van der Waals surface area contributed by atoms with Gasteiger partial charge in [-0.2, -0.15) is 0 Å². The molecule has 2 aromatic rings. The maximum absolute atomic E-state index is 13.1. The van der Waals surface area contributed by atoms with Crippen molar-refractivity contribution < 1.29 is 14.0 Å². The Morgan fingerprint density at radius 3 is 2.76 bits per heavy atom. The first-order valence-corrected chi connectivity index (χ1v) is 6.81. The Morgan fingerprint density at radius 1 is 1.14 bits per heavy atom. The molecular formula is C17H14FNO2. The molecule has 0 radical (unpaired) electrons. The van der Waals surface area contributed by atoms with Crippen LogP contribution in [-0.2, 0) is 6.42 Å². The van der Waals surface area contributed by atoms with Gasteiger partial charge in [0.05, 0.1) is 6.54 Å². The van der Waals surface area contributed by atoms with Crippen molar-refractivity contribution in [1.82, 2.24) is 4.90 Å². The van der Waals surface area contributed by atoms with Crippen molar-refractivity contribution in [3.8, 4) is 0 Å². The first kappa shape index (κ1) is 13.5. The predicted molar refractivity (Wildman–Crippen MR) is 76.8 cm³/mol. The molecule has 0 saturated heterocycles. The number of carbonyl (C=O) groups excluding carboxylic acids is 2. The van der Waals surface area contributed by atoms with E-state index in [0.717, 1.165) is 12.0 Å². The molecule has 1 heterocycles. The topological polar surface area (TPSA) is 37.4 Å². The van der Waals surface area contributed by atoms with E-state index >= 15 is 0 Å². The number of nitrogens with zero attached hydrogens (tertiary/aromatic N) is 1. The lowest BCUT2D eigenvalue weighted by Crippen LogP contribution is -2.40. The van der Waals surface area contributed by atoms with Gasteiger partial charge in [0.2, 0.25) is 0 Å². The average molecular weight is 283 g/mol. The summed E-state index contributed by atoms with van der Waals surface area (Å²) in [5.74, 6) is -0.833. The minimum absolute atomic E-state index is 0.0172. The van der Waals surface area contributed by atoms with Crippen LogP contribution in [0, 0.1) is 5.82 Å². The molecule has 0 fully saturated rings. The largest absolute Gasteiger partial charge is 0.331 e. The van der Waals surface area contributed by atoms with Gasteiger partial charge in [0.1, 0.15) is 5.82 Å².